The van der Waals surface area contributed by atoms with Crippen LogP contribution in [-0.4, -0.2) is 45.4 Å². The first-order valence-electron chi connectivity index (χ1n) is 9.63. The van der Waals surface area contributed by atoms with Crippen LogP contribution < -0.4 is 19.7 Å². The van der Waals surface area contributed by atoms with Crippen molar-refractivity contribution in [1.82, 2.24) is 20.2 Å². The highest BCUT2D eigenvalue weighted by Crippen LogP contribution is 2.40. The average molecular weight is 445 g/mol. The van der Waals surface area contributed by atoms with Gasteiger partial charge < -0.3 is 19.7 Å². The van der Waals surface area contributed by atoms with Gasteiger partial charge in [0.25, 0.3) is 5.91 Å². The number of benzene rings is 2. The molecule has 160 valence electrons. The first-order chi connectivity index (χ1) is 15.0. The fraction of sp³-hybridized carbons (Fsp3) is 0.300. The first kappa shape index (κ1) is 19.6. The van der Waals surface area contributed by atoms with Gasteiger partial charge in [0.05, 0.1) is 29.5 Å². The minimum atomic E-state index is -0.371. The molecule has 1 N–H and O–H groups in total. The summed E-state index contributed by atoms with van der Waals surface area (Å²) in [5, 5.41) is 15.4. The lowest BCUT2D eigenvalue weighted by Gasteiger charge is -2.38. The molecule has 1 aromatic heterocycles. The van der Waals surface area contributed by atoms with Gasteiger partial charge in [-0.1, -0.05) is 11.6 Å². The Morgan fingerprint density at radius 3 is 2.97 bits per heavy atom. The van der Waals surface area contributed by atoms with Crippen molar-refractivity contribution in [3.8, 4) is 11.5 Å². The van der Waals surface area contributed by atoms with Crippen LogP contribution in [0.5, 0.6) is 11.5 Å². The summed E-state index contributed by atoms with van der Waals surface area (Å²) in [6.07, 6.45) is 0.489. The molecule has 0 aliphatic carbocycles. The van der Waals surface area contributed by atoms with Crippen molar-refractivity contribution in [3.05, 3.63) is 52.6 Å². The maximum Gasteiger partial charge on any atom is 0.262 e. The Balaban J connectivity index is 1.49. The molecule has 0 saturated carbocycles. The fourth-order valence-electron chi connectivity index (χ4n) is 3.81. The van der Waals surface area contributed by atoms with E-state index in [1.807, 2.05) is 6.07 Å². The van der Waals surface area contributed by atoms with Gasteiger partial charge in [-0.2, -0.15) is 4.80 Å². The molecule has 0 unspecified atom stereocenters. The third kappa shape index (κ3) is 3.86. The molecule has 31 heavy (non-hydrogen) atoms. The number of nitrogens with one attached hydrogen (secondary N) is 1. The molecule has 2 aromatic carbocycles. The van der Waals surface area contributed by atoms with Crippen molar-refractivity contribution in [2.24, 2.45) is 7.05 Å². The maximum absolute atomic E-state index is 13.8. The second-order valence-electron chi connectivity index (χ2n) is 7.40. The van der Waals surface area contributed by atoms with Crippen LogP contribution in [0.4, 0.5) is 15.8 Å². The van der Waals surface area contributed by atoms with Gasteiger partial charge in [-0.25, -0.2) is 4.39 Å². The summed E-state index contributed by atoms with van der Waals surface area (Å²) >= 11 is 6.40. The summed E-state index contributed by atoms with van der Waals surface area (Å²) in [5.74, 6) is 0.888. The van der Waals surface area contributed by atoms with Gasteiger partial charge in [0.15, 0.2) is 18.2 Å². The third-order valence-corrected chi connectivity index (χ3v) is 5.43. The van der Waals surface area contributed by atoms with Crippen LogP contribution in [0.1, 0.15) is 11.4 Å². The normalized spacial score (nSPS) is 17.3. The molecule has 3 aromatic rings. The number of anilines is 2. The molecular weight excluding hydrogens is 427 g/mol. The first-order valence-corrected chi connectivity index (χ1v) is 10.0. The quantitative estimate of drug-likeness (QED) is 0.660. The van der Waals surface area contributed by atoms with Gasteiger partial charge >= 0.3 is 0 Å². The Bertz CT molecular complexity index is 1170. The monoisotopic (exact) mass is 444 g/mol. The molecule has 0 spiro atoms. The molecule has 0 radical (unpaired) electrons. The molecule has 5 rings (SSSR count). The van der Waals surface area contributed by atoms with E-state index in [2.05, 4.69) is 25.6 Å². The van der Waals surface area contributed by atoms with Crippen molar-refractivity contribution in [2.75, 3.05) is 23.4 Å². The molecule has 0 bridgehead atoms. The standard InChI is InChI=1S/C20H18ClFN6O3/c1-27-25-18(24-26-27)7-13-9-30-17-6-12(22)2-3-16(17)28(13)8-11-4-14(21)20-15(5-11)23-19(29)10-31-20/h2-6,13H,7-10H2,1H3,(H,23,29)/t13-/m1/s1. The molecule has 0 saturated heterocycles. The topological polar surface area (TPSA) is 94.4 Å². The number of tetrazole rings is 1. The molecule has 0 fully saturated rings. The Kier molecular flexibility index (Phi) is 4.85. The van der Waals surface area contributed by atoms with Crippen LogP contribution in [0.3, 0.4) is 0 Å². The van der Waals surface area contributed by atoms with Gasteiger partial charge in [-0.15, -0.1) is 10.2 Å². The van der Waals surface area contributed by atoms with E-state index in [9.17, 15) is 9.18 Å². The summed E-state index contributed by atoms with van der Waals surface area (Å²) in [7, 11) is 1.70. The van der Waals surface area contributed by atoms with Gasteiger partial charge in [0.2, 0.25) is 0 Å². The summed E-state index contributed by atoms with van der Waals surface area (Å²) in [6, 6.07) is 7.95. The van der Waals surface area contributed by atoms with Gasteiger partial charge in [0.1, 0.15) is 18.2 Å². The smallest absolute Gasteiger partial charge is 0.262 e. The largest absolute Gasteiger partial charge is 0.489 e. The van der Waals surface area contributed by atoms with Gasteiger partial charge in [-0.3, -0.25) is 4.79 Å². The van der Waals surface area contributed by atoms with Crippen molar-refractivity contribution in [2.45, 2.75) is 19.0 Å². The number of fused-ring (bicyclic) bond motifs is 2. The van der Waals surface area contributed by atoms with E-state index in [4.69, 9.17) is 21.1 Å². The van der Waals surface area contributed by atoms with E-state index in [-0.39, 0.29) is 24.4 Å². The molecule has 1 amide bonds. The number of carbonyl (C=O) groups is 1. The summed E-state index contributed by atoms with van der Waals surface area (Å²) in [4.78, 5) is 15.2. The summed E-state index contributed by atoms with van der Waals surface area (Å²) in [5.41, 5.74) is 2.12. The Hall–Kier alpha value is -3.40. The summed E-state index contributed by atoms with van der Waals surface area (Å²) < 4.78 is 25.0. The molecule has 11 heteroatoms. The Morgan fingerprint density at radius 1 is 1.29 bits per heavy atom. The van der Waals surface area contributed by atoms with Crippen LogP contribution in [0.15, 0.2) is 30.3 Å². The number of hydrogen-bond acceptors (Lipinski definition) is 7. The summed E-state index contributed by atoms with van der Waals surface area (Å²) in [6.45, 7) is 0.699. The van der Waals surface area contributed by atoms with E-state index >= 15 is 0 Å². The number of amides is 1. The molecule has 2 aliphatic rings. The number of halogens is 2. The third-order valence-electron chi connectivity index (χ3n) is 5.15. The van der Waals surface area contributed by atoms with Crippen molar-refractivity contribution in [1.29, 1.82) is 0 Å². The highest BCUT2D eigenvalue weighted by atomic mass is 35.5. The molecule has 2 aliphatic heterocycles. The number of ether oxygens (including phenoxy) is 2. The minimum absolute atomic E-state index is 0.0678. The van der Waals surface area contributed by atoms with Crippen LogP contribution in [-0.2, 0) is 24.8 Å². The van der Waals surface area contributed by atoms with Crippen LogP contribution >= 0.6 is 11.6 Å². The molecule has 3 heterocycles. The Labute approximate surface area is 181 Å². The average Bonchev–Trinajstić information content (AvgIpc) is 3.14. The SMILES string of the molecule is Cn1nnc(C[C@@H]2COc3cc(F)ccc3N2Cc2cc(Cl)c3c(c2)NC(=O)CO3)n1. The molecular formula is C20H18ClFN6O3. The second-order valence-corrected chi connectivity index (χ2v) is 7.80. The number of rotatable bonds is 4. The predicted octanol–water partition coefficient (Wildman–Crippen LogP) is 2.34. The van der Waals surface area contributed by atoms with E-state index in [0.29, 0.717) is 47.6 Å². The second kappa shape index (κ2) is 7.69. The van der Waals surface area contributed by atoms with E-state index in [1.54, 1.807) is 19.2 Å². The number of aryl methyl sites for hydroxylation is 1. The van der Waals surface area contributed by atoms with Crippen molar-refractivity contribution in [3.63, 3.8) is 0 Å². The van der Waals surface area contributed by atoms with Gasteiger partial charge in [-0.05, 0) is 35.0 Å². The number of aromatic nitrogens is 4. The number of nitrogens with zero attached hydrogens (tertiary/aromatic N) is 5. The van der Waals surface area contributed by atoms with Crippen molar-refractivity contribution >= 4 is 28.9 Å². The predicted molar refractivity (Wildman–Crippen MR) is 110 cm³/mol. The van der Waals surface area contributed by atoms with E-state index < -0.39 is 0 Å². The lowest BCUT2D eigenvalue weighted by Crippen LogP contribution is -2.44. The lowest BCUT2D eigenvalue weighted by molar-refractivity contribution is -0.118. The van der Waals surface area contributed by atoms with Crippen LogP contribution in [0, 0.1) is 5.82 Å². The molecule has 9 nitrogen and oxygen atoms in total. The highest BCUT2D eigenvalue weighted by molar-refractivity contribution is 6.33. The highest BCUT2D eigenvalue weighted by Gasteiger charge is 2.30. The van der Waals surface area contributed by atoms with Crippen LogP contribution in [0.2, 0.25) is 5.02 Å². The zero-order chi connectivity index (χ0) is 21.5. The zero-order valence-corrected chi connectivity index (χ0v) is 17.3. The lowest BCUT2D eigenvalue weighted by atomic mass is 10.1. The minimum Gasteiger partial charge on any atom is -0.489 e. The number of hydrogen-bond donors (Lipinski definition) is 1. The number of carbonyl (C=O) groups excluding carboxylic acids is 1. The van der Waals surface area contributed by atoms with Crippen LogP contribution in [0.25, 0.3) is 0 Å². The Morgan fingerprint density at radius 2 is 2.16 bits per heavy atom. The molecule has 1 atom stereocenters. The zero-order valence-electron chi connectivity index (χ0n) is 16.5. The van der Waals surface area contributed by atoms with Crippen molar-refractivity contribution < 1.29 is 18.7 Å². The van der Waals surface area contributed by atoms with E-state index in [1.165, 1.54) is 16.9 Å². The van der Waals surface area contributed by atoms with E-state index in [0.717, 1.165) is 11.3 Å². The van der Waals surface area contributed by atoms with Gasteiger partial charge in [0, 0.05) is 19.0 Å². The maximum atomic E-state index is 13.8. The fourth-order valence-corrected chi connectivity index (χ4v) is 4.11.